The van der Waals surface area contributed by atoms with Crippen molar-refractivity contribution in [2.75, 3.05) is 37.8 Å². The Labute approximate surface area is 155 Å². The molecule has 0 bridgehead atoms. The number of thioether (sulfide) groups is 1. The lowest BCUT2D eigenvalue weighted by Crippen LogP contribution is -2.44. The lowest BCUT2D eigenvalue weighted by Gasteiger charge is -2.37. The Morgan fingerprint density at radius 2 is 2.12 bits per heavy atom. The SMILES string of the molecule is CSc1nccc(N2CCC(N(C)C/C(C)=C/C=C(\C)C#N)CC2)n1. The minimum absolute atomic E-state index is 0.586. The Balaban J connectivity index is 1.87. The molecule has 5 nitrogen and oxygen atoms in total. The molecule has 0 aromatic carbocycles. The van der Waals surface area contributed by atoms with Gasteiger partial charge in [0.05, 0.1) is 6.07 Å². The summed E-state index contributed by atoms with van der Waals surface area (Å²) in [6.45, 7) is 6.94. The second-order valence-electron chi connectivity index (χ2n) is 6.51. The first-order valence-corrected chi connectivity index (χ1v) is 9.82. The van der Waals surface area contributed by atoms with Crippen molar-refractivity contribution in [2.24, 2.45) is 0 Å². The van der Waals surface area contributed by atoms with Crippen LogP contribution in [0.15, 0.2) is 40.7 Å². The molecule has 0 spiro atoms. The zero-order valence-corrected chi connectivity index (χ0v) is 16.4. The number of aromatic nitrogens is 2. The van der Waals surface area contributed by atoms with Gasteiger partial charge in [-0.05, 0) is 52.1 Å². The molecular formula is C19H27N5S. The molecule has 1 aliphatic rings. The van der Waals surface area contributed by atoms with Gasteiger partial charge in [0.25, 0.3) is 0 Å². The molecule has 0 aliphatic carbocycles. The van der Waals surface area contributed by atoms with Crippen molar-refractivity contribution in [2.45, 2.75) is 37.9 Å². The first-order valence-electron chi connectivity index (χ1n) is 8.60. The molecule has 0 amide bonds. The second kappa shape index (κ2) is 9.59. The smallest absolute Gasteiger partial charge is 0.189 e. The predicted octanol–water partition coefficient (Wildman–Crippen LogP) is 3.52. The third-order valence-corrected chi connectivity index (χ3v) is 5.07. The van der Waals surface area contributed by atoms with E-state index < -0.39 is 0 Å². The lowest BCUT2D eigenvalue weighted by atomic mass is 10.0. The minimum atomic E-state index is 0.586. The van der Waals surface area contributed by atoms with Crippen LogP contribution in [0.1, 0.15) is 26.7 Å². The maximum Gasteiger partial charge on any atom is 0.189 e. The number of hydrogen-bond donors (Lipinski definition) is 0. The molecule has 0 unspecified atom stereocenters. The number of anilines is 1. The fourth-order valence-electron chi connectivity index (χ4n) is 3.02. The number of nitrogens with zero attached hydrogens (tertiary/aromatic N) is 5. The van der Waals surface area contributed by atoms with Crippen LogP contribution in [0.2, 0.25) is 0 Å². The Bertz CT molecular complexity index is 669. The molecule has 0 saturated carbocycles. The van der Waals surface area contributed by atoms with Gasteiger partial charge in [0.1, 0.15) is 5.82 Å². The average Bonchev–Trinajstić information content (AvgIpc) is 2.66. The molecule has 2 rings (SSSR count). The topological polar surface area (TPSA) is 56.1 Å². The Hall–Kier alpha value is -1.84. The summed E-state index contributed by atoms with van der Waals surface area (Å²) in [5.74, 6) is 1.04. The van der Waals surface area contributed by atoms with E-state index in [9.17, 15) is 0 Å². The zero-order valence-electron chi connectivity index (χ0n) is 15.6. The van der Waals surface area contributed by atoms with Crippen LogP contribution >= 0.6 is 11.8 Å². The van der Waals surface area contributed by atoms with Gasteiger partial charge in [-0.1, -0.05) is 23.4 Å². The van der Waals surface area contributed by atoms with Crippen molar-refractivity contribution < 1.29 is 0 Å². The lowest BCUT2D eigenvalue weighted by molar-refractivity contribution is 0.223. The number of hydrogen-bond acceptors (Lipinski definition) is 6. The van der Waals surface area contributed by atoms with E-state index >= 15 is 0 Å². The van der Waals surface area contributed by atoms with Crippen LogP contribution in [0.25, 0.3) is 0 Å². The number of nitriles is 1. The molecular weight excluding hydrogens is 330 g/mol. The highest BCUT2D eigenvalue weighted by Crippen LogP contribution is 2.22. The molecule has 1 fully saturated rings. The van der Waals surface area contributed by atoms with E-state index in [1.807, 2.05) is 31.5 Å². The Morgan fingerprint density at radius 3 is 2.76 bits per heavy atom. The molecule has 0 N–H and O–H groups in total. The van der Waals surface area contributed by atoms with Crippen LogP contribution in [-0.4, -0.2) is 53.8 Å². The Kier molecular flexibility index (Phi) is 7.48. The molecule has 1 aliphatic heterocycles. The molecule has 0 atom stereocenters. The van der Waals surface area contributed by atoms with Gasteiger partial charge in [0, 0.05) is 37.4 Å². The van der Waals surface area contributed by atoms with Crippen LogP contribution in [0, 0.1) is 11.3 Å². The minimum Gasteiger partial charge on any atom is -0.356 e. The van der Waals surface area contributed by atoms with Gasteiger partial charge in [-0.15, -0.1) is 0 Å². The fourth-order valence-corrected chi connectivity index (χ4v) is 3.37. The van der Waals surface area contributed by atoms with Gasteiger partial charge in [-0.2, -0.15) is 5.26 Å². The van der Waals surface area contributed by atoms with Crippen molar-refractivity contribution in [1.82, 2.24) is 14.9 Å². The van der Waals surface area contributed by atoms with Crippen LogP contribution in [0.4, 0.5) is 5.82 Å². The highest BCUT2D eigenvalue weighted by molar-refractivity contribution is 7.98. The Morgan fingerprint density at radius 1 is 1.40 bits per heavy atom. The second-order valence-corrected chi connectivity index (χ2v) is 7.28. The molecule has 0 radical (unpaired) electrons. The van der Waals surface area contributed by atoms with E-state index in [0.29, 0.717) is 6.04 Å². The number of piperidine rings is 1. The van der Waals surface area contributed by atoms with E-state index in [4.69, 9.17) is 5.26 Å². The number of allylic oxidation sites excluding steroid dienone is 3. The first-order chi connectivity index (χ1) is 12.0. The van der Waals surface area contributed by atoms with Crippen LogP contribution in [0.5, 0.6) is 0 Å². The fraction of sp³-hybridized carbons (Fsp3) is 0.526. The predicted molar refractivity (Wildman–Crippen MR) is 105 cm³/mol. The third kappa shape index (κ3) is 5.87. The average molecular weight is 358 g/mol. The molecule has 134 valence electrons. The van der Waals surface area contributed by atoms with Crippen LogP contribution < -0.4 is 4.90 Å². The highest BCUT2D eigenvalue weighted by Gasteiger charge is 2.23. The largest absolute Gasteiger partial charge is 0.356 e. The summed E-state index contributed by atoms with van der Waals surface area (Å²) in [4.78, 5) is 13.6. The molecule has 1 aromatic heterocycles. The molecule has 25 heavy (non-hydrogen) atoms. The van der Waals surface area contributed by atoms with Gasteiger partial charge in [0.2, 0.25) is 0 Å². The quantitative estimate of drug-likeness (QED) is 0.336. The van der Waals surface area contributed by atoms with Gasteiger partial charge in [-0.25, -0.2) is 9.97 Å². The molecule has 1 aromatic rings. The van der Waals surface area contributed by atoms with E-state index in [2.05, 4.69) is 45.9 Å². The standard InChI is InChI=1S/C19H27N5S/c1-15(13-20)5-6-16(2)14-23(3)17-8-11-24(12-9-17)18-7-10-21-19(22-18)25-4/h5-7,10,17H,8-9,11-12,14H2,1-4H3/b15-5+,16-6+. The summed E-state index contributed by atoms with van der Waals surface area (Å²) < 4.78 is 0. The van der Waals surface area contributed by atoms with E-state index in [0.717, 1.165) is 49.0 Å². The van der Waals surface area contributed by atoms with Gasteiger partial charge >= 0.3 is 0 Å². The van der Waals surface area contributed by atoms with Crippen LogP contribution in [-0.2, 0) is 0 Å². The highest BCUT2D eigenvalue weighted by atomic mass is 32.2. The summed E-state index contributed by atoms with van der Waals surface area (Å²) in [7, 11) is 2.19. The van der Waals surface area contributed by atoms with E-state index in [-0.39, 0.29) is 0 Å². The summed E-state index contributed by atoms with van der Waals surface area (Å²) >= 11 is 1.58. The van der Waals surface area contributed by atoms with Crippen molar-refractivity contribution in [3.63, 3.8) is 0 Å². The summed E-state index contributed by atoms with van der Waals surface area (Å²) in [6.07, 6.45) is 10.1. The van der Waals surface area contributed by atoms with Crippen molar-refractivity contribution in [1.29, 1.82) is 5.26 Å². The number of rotatable bonds is 6. The van der Waals surface area contributed by atoms with Gasteiger partial charge < -0.3 is 4.90 Å². The maximum atomic E-state index is 8.81. The van der Waals surface area contributed by atoms with Gasteiger partial charge in [-0.3, -0.25) is 4.90 Å². The summed E-state index contributed by atoms with van der Waals surface area (Å²) in [6, 6.07) is 4.74. The third-order valence-electron chi connectivity index (χ3n) is 4.51. The van der Waals surface area contributed by atoms with E-state index in [1.165, 1.54) is 5.57 Å². The normalized spacial score (nSPS) is 17.0. The van der Waals surface area contributed by atoms with Crippen molar-refractivity contribution in [3.8, 4) is 6.07 Å². The van der Waals surface area contributed by atoms with Crippen LogP contribution in [0.3, 0.4) is 0 Å². The number of likely N-dealkylation sites (N-methyl/N-ethyl adjacent to an activating group) is 1. The van der Waals surface area contributed by atoms with Crippen molar-refractivity contribution >= 4 is 17.6 Å². The first kappa shape index (κ1) is 19.5. The molecule has 6 heteroatoms. The summed E-state index contributed by atoms with van der Waals surface area (Å²) in [5, 5.41) is 9.64. The maximum absolute atomic E-state index is 8.81. The zero-order chi connectivity index (χ0) is 18.2. The monoisotopic (exact) mass is 357 g/mol. The van der Waals surface area contributed by atoms with E-state index in [1.54, 1.807) is 11.8 Å². The van der Waals surface area contributed by atoms with Gasteiger partial charge in [0.15, 0.2) is 5.16 Å². The molecule has 2 heterocycles. The summed E-state index contributed by atoms with van der Waals surface area (Å²) in [5.41, 5.74) is 2.02. The van der Waals surface area contributed by atoms with Crippen molar-refractivity contribution in [3.05, 3.63) is 35.6 Å². The molecule has 1 saturated heterocycles.